The zero-order chi connectivity index (χ0) is 43.0. The van der Waals surface area contributed by atoms with Gasteiger partial charge in [-0.3, -0.25) is 0 Å². The van der Waals surface area contributed by atoms with Crippen molar-refractivity contribution >= 4 is 52.7 Å². The molecule has 11 rings (SSSR count). The standard InChI is InChI=1S/C59H44GeN4/c1-41-34-36-53-51(38-41)52-39-42(2)35-37-54(52)64(53)55-33-19-32-50(56(55)59-62-57(43-20-8-3-9-21-43)61-58(63-59)44-22-10-4-11-23-44)45-24-18-31-49(40-45)60(46-25-12-5-13-26-46,47-27-14-6-15-28-47)48-29-16-7-17-30-48/h3-40H,1-2H3. The predicted octanol–water partition coefficient (Wildman–Crippen LogP) is 11.6. The molecule has 0 saturated carbocycles. The van der Waals surface area contributed by atoms with E-state index in [1.807, 2.05) is 36.4 Å². The second kappa shape index (κ2) is 16.6. The zero-order valence-electron chi connectivity index (χ0n) is 35.7. The summed E-state index contributed by atoms with van der Waals surface area (Å²) in [5.41, 5.74) is 10.6. The Morgan fingerprint density at radius 2 is 0.750 bits per heavy atom. The number of aromatic nitrogens is 4. The fraction of sp³-hybridized carbons (Fsp3) is 0.0339. The van der Waals surface area contributed by atoms with Gasteiger partial charge in [0.25, 0.3) is 0 Å². The minimum atomic E-state index is -3.64. The Hall–Kier alpha value is -7.67. The average molecular weight is 882 g/mol. The summed E-state index contributed by atoms with van der Waals surface area (Å²) in [5.74, 6) is 1.86. The van der Waals surface area contributed by atoms with Crippen LogP contribution in [0.3, 0.4) is 0 Å². The Labute approximate surface area is 376 Å². The van der Waals surface area contributed by atoms with E-state index in [4.69, 9.17) is 15.0 Å². The Balaban J connectivity index is 1.25. The van der Waals surface area contributed by atoms with Crippen LogP contribution in [-0.4, -0.2) is 32.8 Å². The van der Waals surface area contributed by atoms with E-state index in [0.29, 0.717) is 17.5 Å². The molecule has 2 heterocycles. The molecule has 0 fully saturated rings. The van der Waals surface area contributed by atoms with Gasteiger partial charge in [-0.1, -0.05) is 0 Å². The van der Waals surface area contributed by atoms with Crippen LogP contribution in [0.4, 0.5) is 0 Å². The first kappa shape index (κ1) is 39.2. The molecular weight excluding hydrogens is 837 g/mol. The summed E-state index contributed by atoms with van der Waals surface area (Å²) in [7, 11) is 0. The van der Waals surface area contributed by atoms with Crippen LogP contribution in [0.2, 0.25) is 0 Å². The van der Waals surface area contributed by atoms with Crippen LogP contribution in [-0.2, 0) is 0 Å². The molecule has 0 spiro atoms. The predicted molar refractivity (Wildman–Crippen MR) is 269 cm³/mol. The number of fused-ring (bicyclic) bond motifs is 3. The molecule has 0 saturated heterocycles. The third-order valence-corrected chi connectivity index (χ3v) is 22.5. The molecule has 0 unspecified atom stereocenters. The number of rotatable bonds is 9. The molecule has 0 radical (unpaired) electrons. The maximum atomic E-state index is 5.43. The molecule has 64 heavy (non-hydrogen) atoms. The van der Waals surface area contributed by atoms with Gasteiger partial charge in [-0.15, -0.1) is 0 Å². The van der Waals surface area contributed by atoms with Gasteiger partial charge < -0.3 is 0 Å². The monoisotopic (exact) mass is 882 g/mol. The van der Waals surface area contributed by atoms with Gasteiger partial charge in [-0.05, 0) is 0 Å². The van der Waals surface area contributed by atoms with Gasteiger partial charge in [0.05, 0.1) is 0 Å². The van der Waals surface area contributed by atoms with Crippen molar-refractivity contribution in [3.8, 4) is 51.0 Å². The van der Waals surface area contributed by atoms with Crippen molar-refractivity contribution in [2.75, 3.05) is 0 Å². The van der Waals surface area contributed by atoms with Gasteiger partial charge in [-0.25, -0.2) is 0 Å². The fourth-order valence-electron chi connectivity index (χ4n) is 9.62. The molecule has 0 amide bonds. The fourth-order valence-corrected chi connectivity index (χ4v) is 19.7. The van der Waals surface area contributed by atoms with Gasteiger partial charge in [0.2, 0.25) is 0 Å². The van der Waals surface area contributed by atoms with E-state index < -0.39 is 13.3 Å². The molecule has 304 valence electrons. The minimum absolute atomic E-state index is 0.611. The van der Waals surface area contributed by atoms with Crippen molar-refractivity contribution in [2.45, 2.75) is 13.8 Å². The molecule has 9 aromatic carbocycles. The maximum absolute atomic E-state index is 5.43. The summed E-state index contributed by atoms with van der Waals surface area (Å²) in [5, 5.41) is 2.43. The van der Waals surface area contributed by atoms with Gasteiger partial charge in [0.1, 0.15) is 0 Å². The zero-order valence-corrected chi connectivity index (χ0v) is 37.8. The van der Waals surface area contributed by atoms with E-state index in [9.17, 15) is 0 Å². The number of hydrogen-bond acceptors (Lipinski definition) is 3. The molecular formula is C59H44GeN4. The Morgan fingerprint density at radius 1 is 0.344 bits per heavy atom. The molecule has 0 bridgehead atoms. The van der Waals surface area contributed by atoms with Gasteiger partial charge in [-0.2, -0.15) is 0 Å². The van der Waals surface area contributed by atoms with Gasteiger partial charge in [0.15, 0.2) is 0 Å². The van der Waals surface area contributed by atoms with Crippen molar-refractivity contribution in [3.63, 3.8) is 0 Å². The molecule has 0 aliphatic heterocycles. The average Bonchev–Trinajstić information content (AvgIpc) is 3.67. The summed E-state index contributed by atoms with van der Waals surface area (Å²) >= 11 is -3.64. The van der Waals surface area contributed by atoms with Crippen LogP contribution in [0.1, 0.15) is 11.1 Å². The first-order valence-corrected chi connectivity index (χ1v) is 26.1. The van der Waals surface area contributed by atoms with Crippen LogP contribution in [0.25, 0.3) is 72.8 Å². The van der Waals surface area contributed by atoms with Crippen molar-refractivity contribution in [1.82, 2.24) is 19.5 Å². The van der Waals surface area contributed by atoms with Gasteiger partial charge >= 0.3 is 379 Å². The number of hydrogen-bond donors (Lipinski definition) is 0. The van der Waals surface area contributed by atoms with Crippen LogP contribution in [0, 0.1) is 13.8 Å². The second-order valence-electron chi connectivity index (χ2n) is 16.5. The second-order valence-corrected chi connectivity index (χ2v) is 24.5. The third-order valence-electron chi connectivity index (χ3n) is 12.5. The molecule has 5 heteroatoms. The van der Waals surface area contributed by atoms with Crippen molar-refractivity contribution in [2.24, 2.45) is 0 Å². The summed E-state index contributed by atoms with van der Waals surface area (Å²) in [6.45, 7) is 4.34. The number of aryl methyl sites for hydroxylation is 2. The van der Waals surface area contributed by atoms with E-state index >= 15 is 0 Å². The topological polar surface area (TPSA) is 43.6 Å². The molecule has 11 aromatic rings. The van der Waals surface area contributed by atoms with Crippen LogP contribution in [0.5, 0.6) is 0 Å². The Bertz CT molecular complexity index is 3230. The molecule has 0 aliphatic carbocycles. The van der Waals surface area contributed by atoms with E-state index in [0.717, 1.165) is 44.5 Å². The third kappa shape index (κ3) is 6.84. The van der Waals surface area contributed by atoms with Crippen LogP contribution >= 0.6 is 0 Å². The van der Waals surface area contributed by atoms with Crippen molar-refractivity contribution in [1.29, 1.82) is 0 Å². The van der Waals surface area contributed by atoms with E-state index in [1.165, 1.54) is 39.5 Å². The molecule has 0 atom stereocenters. The first-order chi connectivity index (χ1) is 31.6. The van der Waals surface area contributed by atoms with Crippen LogP contribution < -0.4 is 17.6 Å². The van der Waals surface area contributed by atoms with Crippen molar-refractivity contribution < 1.29 is 0 Å². The summed E-state index contributed by atoms with van der Waals surface area (Å²) in [4.78, 5) is 16.0. The Morgan fingerprint density at radius 3 is 1.23 bits per heavy atom. The molecule has 2 aromatic heterocycles. The molecule has 0 aliphatic rings. The van der Waals surface area contributed by atoms with Crippen molar-refractivity contribution in [3.05, 3.63) is 242 Å². The van der Waals surface area contributed by atoms with Crippen LogP contribution in [0.15, 0.2) is 231 Å². The van der Waals surface area contributed by atoms with E-state index in [-0.39, 0.29) is 0 Å². The molecule has 4 nitrogen and oxygen atoms in total. The first-order valence-electron chi connectivity index (χ1n) is 21.9. The molecule has 0 N–H and O–H groups in total. The summed E-state index contributed by atoms with van der Waals surface area (Å²) in [6.07, 6.45) is 0. The summed E-state index contributed by atoms with van der Waals surface area (Å²) < 4.78 is 7.88. The summed E-state index contributed by atoms with van der Waals surface area (Å²) in [6, 6.07) is 83.6. The normalized spacial score (nSPS) is 11.6. The van der Waals surface area contributed by atoms with E-state index in [1.54, 1.807) is 0 Å². The number of nitrogens with zero attached hydrogens (tertiary/aromatic N) is 4. The number of benzene rings is 9. The van der Waals surface area contributed by atoms with Gasteiger partial charge in [0, 0.05) is 0 Å². The van der Waals surface area contributed by atoms with E-state index in [2.05, 4.69) is 213 Å². The quantitative estimate of drug-likeness (QED) is 0.136. The Kier molecular flexibility index (Phi) is 10.1. The SMILES string of the molecule is Cc1ccc2c(c1)c1cc(C)ccc1n2-c1cccc(-c2ccc[c]([Ge]([c]3ccccc3)([c]3ccccc3)[c]3ccccc3)c2)c1-c1nc(-c2ccccc2)nc(-c2ccccc2)n1.